The van der Waals surface area contributed by atoms with Crippen LogP contribution < -0.4 is 4.72 Å². The number of aromatic nitrogens is 1. The minimum absolute atomic E-state index is 0.117. The first-order valence-electron chi connectivity index (χ1n) is 11.0. The number of rotatable bonds is 6. The third-order valence-corrected chi connectivity index (χ3v) is 6.01. The van der Waals surface area contributed by atoms with E-state index in [2.05, 4.69) is 9.71 Å². The van der Waals surface area contributed by atoms with Crippen molar-refractivity contribution in [1.82, 2.24) is 14.6 Å². The molecule has 1 aliphatic heterocycles. The maximum absolute atomic E-state index is 14.2. The molecule has 2 aromatic rings. The van der Waals surface area contributed by atoms with E-state index in [4.69, 9.17) is 9.47 Å². The summed E-state index contributed by atoms with van der Waals surface area (Å²) in [5.74, 6) is 0. The second kappa shape index (κ2) is 9.59. The van der Waals surface area contributed by atoms with Gasteiger partial charge in [-0.15, -0.1) is 0 Å². The number of hydrogen-bond acceptors (Lipinski definition) is 6. The van der Waals surface area contributed by atoms with Gasteiger partial charge in [0.2, 0.25) is 10.0 Å². The molecular formula is C24H32FN3O5S. The molecule has 0 spiro atoms. The normalized spacial score (nSPS) is 20.4. The first-order valence-corrected chi connectivity index (χ1v) is 12.9. The van der Waals surface area contributed by atoms with Crippen LogP contribution in [0.2, 0.25) is 0 Å². The van der Waals surface area contributed by atoms with Gasteiger partial charge in [-0.1, -0.05) is 30.3 Å². The van der Waals surface area contributed by atoms with Crippen LogP contribution in [0.3, 0.4) is 0 Å². The van der Waals surface area contributed by atoms with Gasteiger partial charge in [-0.3, -0.25) is 9.88 Å². The summed E-state index contributed by atoms with van der Waals surface area (Å²) in [5, 5.41) is 0. The molecule has 0 saturated carbocycles. The highest BCUT2D eigenvalue weighted by atomic mass is 32.2. The van der Waals surface area contributed by atoms with Crippen molar-refractivity contribution < 1.29 is 27.1 Å². The Morgan fingerprint density at radius 2 is 1.79 bits per heavy atom. The molecule has 0 unspecified atom stereocenters. The summed E-state index contributed by atoms with van der Waals surface area (Å²) in [6.45, 7) is 8.07. The Kier molecular flexibility index (Phi) is 7.35. The van der Waals surface area contributed by atoms with Gasteiger partial charge in [-0.2, -0.15) is 0 Å². The van der Waals surface area contributed by atoms with Crippen LogP contribution in [0.25, 0.3) is 11.1 Å². The molecule has 0 aliphatic carbocycles. The molecule has 2 heterocycles. The van der Waals surface area contributed by atoms with Gasteiger partial charge in [-0.05, 0) is 51.8 Å². The molecule has 1 aromatic carbocycles. The van der Waals surface area contributed by atoms with Crippen LogP contribution >= 0.6 is 0 Å². The number of carbonyl (C=O) groups excluding carboxylic acids is 1. The lowest BCUT2D eigenvalue weighted by molar-refractivity contribution is -0.0797. The highest BCUT2D eigenvalue weighted by Crippen LogP contribution is 2.42. The standard InChI is InChI=1S/C24H32FN3O5S/c1-23(2,3)33-22(29)28-20(13-25)21(32-24(28,4)5)17-9-7-16(8-10-17)18-11-12-19(26-14-18)15-27-34(6,30)31/h7-12,14,20-21,27H,13,15H2,1-6H3/t20-,21-/m1/s1. The summed E-state index contributed by atoms with van der Waals surface area (Å²) in [4.78, 5) is 18.4. The van der Waals surface area contributed by atoms with Crippen molar-refractivity contribution in [1.29, 1.82) is 0 Å². The Morgan fingerprint density at radius 1 is 1.18 bits per heavy atom. The fourth-order valence-electron chi connectivity index (χ4n) is 3.86. The highest BCUT2D eigenvalue weighted by molar-refractivity contribution is 7.88. The van der Waals surface area contributed by atoms with Gasteiger partial charge in [-0.25, -0.2) is 22.3 Å². The van der Waals surface area contributed by atoms with E-state index in [9.17, 15) is 17.6 Å². The van der Waals surface area contributed by atoms with Crippen LogP contribution in [0.15, 0.2) is 42.6 Å². The number of pyridine rings is 1. The largest absolute Gasteiger partial charge is 0.444 e. The lowest BCUT2D eigenvalue weighted by Gasteiger charge is -2.34. The summed E-state index contributed by atoms with van der Waals surface area (Å²) < 4.78 is 50.6. The molecule has 1 amide bonds. The topological polar surface area (TPSA) is 97.8 Å². The van der Waals surface area contributed by atoms with Crippen molar-refractivity contribution >= 4 is 16.1 Å². The number of sulfonamides is 1. The zero-order valence-corrected chi connectivity index (χ0v) is 21.1. The van der Waals surface area contributed by atoms with Crippen LogP contribution in [0.4, 0.5) is 9.18 Å². The zero-order valence-electron chi connectivity index (χ0n) is 20.3. The van der Waals surface area contributed by atoms with Gasteiger partial charge < -0.3 is 9.47 Å². The smallest absolute Gasteiger partial charge is 0.413 e. The summed E-state index contributed by atoms with van der Waals surface area (Å²) >= 11 is 0. The van der Waals surface area contributed by atoms with Gasteiger partial charge in [0.15, 0.2) is 0 Å². The fourth-order valence-corrected chi connectivity index (χ4v) is 4.27. The van der Waals surface area contributed by atoms with Gasteiger partial charge in [0.05, 0.1) is 24.5 Å². The monoisotopic (exact) mass is 493 g/mol. The van der Waals surface area contributed by atoms with Crippen LogP contribution in [0, 0.1) is 0 Å². The number of amides is 1. The van der Waals surface area contributed by atoms with Gasteiger partial charge in [0, 0.05) is 11.8 Å². The number of halogens is 1. The Hall–Kier alpha value is -2.56. The van der Waals surface area contributed by atoms with Gasteiger partial charge in [0.1, 0.15) is 24.1 Å². The van der Waals surface area contributed by atoms with E-state index in [0.29, 0.717) is 5.69 Å². The molecule has 1 aliphatic rings. The fraction of sp³-hybridized carbons (Fsp3) is 0.500. The van der Waals surface area contributed by atoms with E-state index in [1.807, 2.05) is 30.3 Å². The molecule has 2 atom stereocenters. The van der Waals surface area contributed by atoms with E-state index >= 15 is 0 Å². The Bertz CT molecular complexity index is 1110. The summed E-state index contributed by atoms with van der Waals surface area (Å²) in [6.07, 6.45) is 1.50. The third-order valence-electron chi connectivity index (χ3n) is 5.34. The molecule has 34 heavy (non-hydrogen) atoms. The molecular weight excluding hydrogens is 461 g/mol. The first kappa shape index (κ1) is 26.1. The van der Waals surface area contributed by atoms with Crippen molar-refractivity contribution in [2.45, 2.75) is 64.6 Å². The third kappa shape index (κ3) is 6.31. The average molecular weight is 494 g/mol. The van der Waals surface area contributed by atoms with Crippen molar-refractivity contribution in [2.75, 3.05) is 12.9 Å². The zero-order chi connectivity index (χ0) is 25.3. The minimum Gasteiger partial charge on any atom is -0.444 e. The van der Waals surface area contributed by atoms with Crippen LogP contribution in [-0.2, 0) is 26.0 Å². The van der Waals surface area contributed by atoms with Crippen molar-refractivity contribution in [2.24, 2.45) is 0 Å². The number of alkyl halides is 1. The van der Waals surface area contributed by atoms with Gasteiger partial charge in [0.25, 0.3) is 0 Å². The first-order chi connectivity index (χ1) is 15.7. The van der Waals surface area contributed by atoms with E-state index in [-0.39, 0.29) is 6.54 Å². The molecule has 1 saturated heterocycles. The number of benzene rings is 1. The minimum atomic E-state index is -3.29. The number of ether oxygens (including phenoxy) is 2. The number of nitrogens with zero attached hydrogens (tertiary/aromatic N) is 2. The van der Waals surface area contributed by atoms with E-state index in [1.165, 1.54) is 4.90 Å². The SMILES string of the molecule is CC(C)(C)OC(=O)N1[C@H](CF)[C@@H](c2ccc(-c3ccc(CNS(C)(=O)=O)nc3)cc2)OC1(C)C. The van der Waals surface area contributed by atoms with Crippen LogP contribution in [0.1, 0.15) is 52.0 Å². The van der Waals surface area contributed by atoms with E-state index in [0.717, 1.165) is 22.9 Å². The molecule has 1 fully saturated rings. The molecule has 8 nitrogen and oxygen atoms in total. The lowest BCUT2D eigenvalue weighted by atomic mass is 9.99. The van der Waals surface area contributed by atoms with Crippen molar-refractivity contribution in [3.05, 3.63) is 53.9 Å². The van der Waals surface area contributed by atoms with E-state index in [1.54, 1.807) is 46.9 Å². The maximum atomic E-state index is 14.2. The molecule has 0 bridgehead atoms. The highest BCUT2D eigenvalue weighted by Gasteiger charge is 2.51. The summed E-state index contributed by atoms with van der Waals surface area (Å²) in [6, 6.07) is 10.2. The summed E-state index contributed by atoms with van der Waals surface area (Å²) in [5.41, 5.74) is 1.32. The molecule has 0 radical (unpaired) electrons. The lowest BCUT2D eigenvalue weighted by Crippen LogP contribution is -2.50. The molecule has 1 aromatic heterocycles. The van der Waals surface area contributed by atoms with Crippen LogP contribution in [-0.4, -0.2) is 54.7 Å². The molecule has 3 rings (SSSR count). The van der Waals surface area contributed by atoms with Crippen molar-refractivity contribution in [3.63, 3.8) is 0 Å². The summed E-state index contributed by atoms with van der Waals surface area (Å²) in [7, 11) is -3.29. The molecule has 10 heteroatoms. The number of hydrogen-bond donors (Lipinski definition) is 1. The Labute approximate surface area is 200 Å². The quantitative estimate of drug-likeness (QED) is 0.648. The molecule has 1 N–H and O–H groups in total. The van der Waals surface area contributed by atoms with Gasteiger partial charge >= 0.3 is 6.09 Å². The van der Waals surface area contributed by atoms with Crippen molar-refractivity contribution in [3.8, 4) is 11.1 Å². The maximum Gasteiger partial charge on any atom is 0.413 e. The average Bonchev–Trinajstić information content (AvgIpc) is 3.01. The number of carbonyl (C=O) groups is 1. The van der Waals surface area contributed by atoms with E-state index < -0.39 is 46.3 Å². The Morgan fingerprint density at radius 3 is 2.29 bits per heavy atom. The predicted octanol–water partition coefficient (Wildman–Crippen LogP) is 4.18. The second-order valence-electron chi connectivity index (χ2n) is 9.81. The van der Waals surface area contributed by atoms with Crippen LogP contribution in [0.5, 0.6) is 0 Å². The number of nitrogens with one attached hydrogen (secondary N) is 1. The Balaban J connectivity index is 1.78. The second-order valence-corrected chi connectivity index (χ2v) is 11.6. The predicted molar refractivity (Wildman–Crippen MR) is 127 cm³/mol. The molecule has 186 valence electrons.